The molecule has 1 atom stereocenters. The molecule has 0 spiro atoms. The number of ether oxygens (including phenoxy) is 3. The Hall–Kier alpha value is -2.37. The summed E-state index contributed by atoms with van der Waals surface area (Å²) in [7, 11) is 0. The van der Waals surface area contributed by atoms with Crippen molar-refractivity contribution in [2.45, 2.75) is 322 Å². The Morgan fingerprint density at radius 1 is 0.299 bits per heavy atom. The lowest BCUT2D eigenvalue weighted by atomic mass is 10.0. The first kappa shape index (κ1) is 64.6. The first-order valence-electron chi connectivity index (χ1n) is 29.5. The van der Waals surface area contributed by atoms with Crippen LogP contribution in [0.2, 0.25) is 0 Å². The van der Waals surface area contributed by atoms with E-state index in [9.17, 15) is 14.4 Å². The van der Waals surface area contributed by atoms with Crippen LogP contribution in [-0.2, 0) is 28.6 Å². The zero-order valence-electron chi connectivity index (χ0n) is 44.9. The number of carbonyl (C=O) groups excluding carboxylic acids is 3. The Bertz CT molecular complexity index is 1130. The lowest BCUT2D eigenvalue weighted by Gasteiger charge is -2.18. The third kappa shape index (κ3) is 54.4. The maximum Gasteiger partial charge on any atom is 0.306 e. The van der Waals surface area contributed by atoms with E-state index in [4.69, 9.17) is 14.2 Å². The molecule has 0 aliphatic heterocycles. The zero-order valence-corrected chi connectivity index (χ0v) is 44.9. The van der Waals surface area contributed by atoms with Gasteiger partial charge in [-0.2, -0.15) is 0 Å². The van der Waals surface area contributed by atoms with Crippen LogP contribution in [0.5, 0.6) is 0 Å². The molecule has 0 radical (unpaired) electrons. The largest absolute Gasteiger partial charge is 0.462 e. The molecule has 0 amide bonds. The Morgan fingerprint density at radius 2 is 0.552 bits per heavy atom. The summed E-state index contributed by atoms with van der Waals surface area (Å²) >= 11 is 0. The van der Waals surface area contributed by atoms with E-state index in [0.717, 1.165) is 77.0 Å². The van der Waals surface area contributed by atoms with Gasteiger partial charge in [-0.3, -0.25) is 14.4 Å². The van der Waals surface area contributed by atoms with Crippen LogP contribution in [0.15, 0.2) is 36.5 Å². The first-order chi connectivity index (χ1) is 33.0. The van der Waals surface area contributed by atoms with Crippen LogP contribution in [-0.4, -0.2) is 37.2 Å². The number of carbonyl (C=O) groups is 3. The van der Waals surface area contributed by atoms with Crippen molar-refractivity contribution in [2.75, 3.05) is 13.2 Å². The van der Waals surface area contributed by atoms with Gasteiger partial charge in [-0.05, 0) is 70.6 Å². The zero-order chi connectivity index (χ0) is 48.6. The fourth-order valence-electron chi connectivity index (χ4n) is 8.63. The number of unbranched alkanes of at least 4 members (excludes halogenated alkanes) is 37. The lowest BCUT2D eigenvalue weighted by Crippen LogP contribution is -2.30. The minimum atomic E-state index is -0.777. The minimum absolute atomic E-state index is 0.0754. The van der Waals surface area contributed by atoms with Crippen molar-refractivity contribution < 1.29 is 28.6 Å². The van der Waals surface area contributed by atoms with Crippen LogP contribution < -0.4 is 0 Å². The number of esters is 3. The third-order valence-electron chi connectivity index (χ3n) is 13.1. The van der Waals surface area contributed by atoms with E-state index >= 15 is 0 Å². The molecule has 1 unspecified atom stereocenters. The van der Waals surface area contributed by atoms with Gasteiger partial charge in [-0.1, -0.05) is 263 Å². The molecular weight excluding hydrogens is 829 g/mol. The number of hydrogen-bond donors (Lipinski definition) is 0. The molecule has 6 nitrogen and oxygen atoms in total. The van der Waals surface area contributed by atoms with Crippen LogP contribution in [0.25, 0.3) is 0 Å². The topological polar surface area (TPSA) is 78.9 Å². The van der Waals surface area contributed by atoms with Gasteiger partial charge in [-0.15, -0.1) is 0 Å². The summed E-state index contributed by atoms with van der Waals surface area (Å²) in [6.45, 7) is 6.63. The second-order valence-corrected chi connectivity index (χ2v) is 19.9. The van der Waals surface area contributed by atoms with Gasteiger partial charge < -0.3 is 14.2 Å². The van der Waals surface area contributed by atoms with Gasteiger partial charge in [0.25, 0.3) is 0 Å². The summed E-state index contributed by atoms with van der Waals surface area (Å²) in [5.41, 5.74) is 0. The Balaban J connectivity index is 4.35. The molecule has 0 saturated carbocycles. The highest BCUT2D eigenvalue weighted by Crippen LogP contribution is 2.17. The molecule has 0 rings (SSSR count). The molecule has 0 saturated heterocycles. The van der Waals surface area contributed by atoms with E-state index < -0.39 is 6.10 Å². The van der Waals surface area contributed by atoms with Gasteiger partial charge >= 0.3 is 17.9 Å². The molecule has 6 heteroatoms. The maximum absolute atomic E-state index is 12.9. The minimum Gasteiger partial charge on any atom is -0.462 e. The fraction of sp³-hybridized carbons (Fsp3) is 0.852. The van der Waals surface area contributed by atoms with Crippen LogP contribution in [0.1, 0.15) is 316 Å². The number of hydrogen-bond acceptors (Lipinski definition) is 6. The predicted octanol–water partition coefficient (Wildman–Crippen LogP) is 19.7. The second kappa shape index (κ2) is 56.2. The summed E-state index contributed by atoms with van der Waals surface area (Å²) in [6.07, 6.45) is 67.0. The highest BCUT2D eigenvalue weighted by molar-refractivity contribution is 5.71. The second-order valence-electron chi connectivity index (χ2n) is 19.9. The summed E-state index contributed by atoms with van der Waals surface area (Å²) in [6, 6.07) is 0. The van der Waals surface area contributed by atoms with Crippen molar-refractivity contribution in [3.63, 3.8) is 0 Å². The van der Waals surface area contributed by atoms with Crippen molar-refractivity contribution in [1.82, 2.24) is 0 Å². The molecule has 0 fully saturated rings. The Morgan fingerprint density at radius 3 is 0.881 bits per heavy atom. The first-order valence-corrected chi connectivity index (χ1v) is 29.5. The average Bonchev–Trinajstić information content (AvgIpc) is 3.33. The van der Waals surface area contributed by atoms with Crippen LogP contribution in [0.3, 0.4) is 0 Å². The summed E-state index contributed by atoms with van der Waals surface area (Å²) < 4.78 is 16.9. The number of rotatable bonds is 54. The van der Waals surface area contributed by atoms with Gasteiger partial charge in [0.2, 0.25) is 0 Å². The van der Waals surface area contributed by atoms with Gasteiger partial charge in [0.15, 0.2) is 6.10 Å². The molecule has 0 aliphatic rings. The molecule has 0 heterocycles. The predicted molar refractivity (Wildman–Crippen MR) is 289 cm³/mol. The van der Waals surface area contributed by atoms with E-state index in [1.807, 2.05) is 0 Å². The van der Waals surface area contributed by atoms with Gasteiger partial charge in [0.1, 0.15) is 13.2 Å². The van der Waals surface area contributed by atoms with Gasteiger partial charge in [0, 0.05) is 19.3 Å². The smallest absolute Gasteiger partial charge is 0.306 e. The van der Waals surface area contributed by atoms with E-state index in [1.54, 1.807) is 0 Å². The van der Waals surface area contributed by atoms with Crippen molar-refractivity contribution >= 4 is 17.9 Å². The number of allylic oxidation sites excluding steroid dienone is 6. The van der Waals surface area contributed by atoms with E-state index in [2.05, 4.69) is 57.2 Å². The standard InChI is InChI=1S/C61H112O6/c1-4-7-10-13-16-19-22-25-28-30-32-33-36-39-42-45-48-51-54-60(63)66-57-58(56-65-59(62)53-50-47-44-41-38-35-27-24-21-18-15-12-9-6-3)67-61(64)55-52-49-46-43-40-37-34-31-29-26-23-20-17-14-11-8-5-2/h15,18,24,27-28,30,58H,4-14,16-17,19-23,25-26,29,31-57H2,1-3H3/b18-15-,27-24-,30-28-. The molecule has 0 bridgehead atoms. The molecule has 0 aromatic heterocycles. The van der Waals surface area contributed by atoms with Crippen LogP contribution >= 0.6 is 0 Å². The van der Waals surface area contributed by atoms with Crippen molar-refractivity contribution in [3.8, 4) is 0 Å². The van der Waals surface area contributed by atoms with Crippen LogP contribution in [0.4, 0.5) is 0 Å². The van der Waals surface area contributed by atoms with Gasteiger partial charge in [-0.25, -0.2) is 0 Å². The summed E-state index contributed by atoms with van der Waals surface area (Å²) in [4.78, 5) is 38.2. The molecule has 0 aromatic carbocycles. The maximum atomic E-state index is 12.9. The van der Waals surface area contributed by atoms with E-state index in [0.29, 0.717) is 19.3 Å². The monoisotopic (exact) mass is 941 g/mol. The summed E-state index contributed by atoms with van der Waals surface area (Å²) in [5, 5.41) is 0. The van der Waals surface area contributed by atoms with Crippen molar-refractivity contribution in [1.29, 1.82) is 0 Å². The normalized spacial score (nSPS) is 12.2. The van der Waals surface area contributed by atoms with E-state index in [-0.39, 0.29) is 31.1 Å². The highest BCUT2D eigenvalue weighted by atomic mass is 16.6. The Kier molecular flexibility index (Phi) is 54.2. The molecule has 392 valence electrons. The van der Waals surface area contributed by atoms with Crippen molar-refractivity contribution in [3.05, 3.63) is 36.5 Å². The lowest BCUT2D eigenvalue weighted by molar-refractivity contribution is -0.167. The molecule has 0 N–H and O–H groups in total. The SMILES string of the molecule is CCCC/C=C\C/C=C\CCCCCCCC(=O)OCC(COC(=O)CCCCCCCCC/C=C\CCCCCCCCC)OC(=O)CCCCCCCCCCCCCCCCCCC. The van der Waals surface area contributed by atoms with Gasteiger partial charge in [0.05, 0.1) is 0 Å². The average molecular weight is 942 g/mol. The Labute approximate surface area is 416 Å². The molecule has 0 aliphatic carbocycles. The van der Waals surface area contributed by atoms with E-state index in [1.165, 1.54) is 199 Å². The summed E-state index contributed by atoms with van der Waals surface area (Å²) in [5.74, 6) is -0.875. The molecular formula is C61H112O6. The molecule has 0 aromatic rings. The molecule has 67 heavy (non-hydrogen) atoms. The van der Waals surface area contributed by atoms with Crippen molar-refractivity contribution in [2.24, 2.45) is 0 Å². The quantitative estimate of drug-likeness (QED) is 0.0262. The van der Waals surface area contributed by atoms with Crippen LogP contribution in [0, 0.1) is 0 Å². The fourth-order valence-corrected chi connectivity index (χ4v) is 8.63. The highest BCUT2D eigenvalue weighted by Gasteiger charge is 2.19. The third-order valence-corrected chi connectivity index (χ3v) is 13.1.